The molecule has 3 rings (SSSR count). The van der Waals surface area contributed by atoms with Crippen molar-refractivity contribution in [2.45, 2.75) is 64.1 Å². The third-order valence-corrected chi connectivity index (χ3v) is 4.10. The van der Waals surface area contributed by atoms with Gasteiger partial charge >= 0.3 is 0 Å². The molecule has 106 valence electrons. The number of hydrogen-bond acceptors (Lipinski definition) is 5. The van der Waals surface area contributed by atoms with Crippen LogP contribution in [0.4, 0.5) is 0 Å². The number of aromatic nitrogens is 2. The summed E-state index contributed by atoms with van der Waals surface area (Å²) in [6, 6.07) is 1.13. The van der Waals surface area contributed by atoms with Crippen LogP contribution in [0.25, 0.3) is 0 Å². The monoisotopic (exact) mass is 264 g/mol. The van der Waals surface area contributed by atoms with E-state index in [1.54, 1.807) is 0 Å². The van der Waals surface area contributed by atoms with Gasteiger partial charge in [0.25, 0.3) is 0 Å². The van der Waals surface area contributed by atoms with Crippen molar-refractivity contribution in [1.82, 2.24) is 20.4 Å². The Morgan fingerprint density at radius 2 is 2.21 bits per heavy atom. The van der Waals surface area contributed by atoms with Crippen LogP contribution in [0.15, 0.2) is 4.52 Å². The molecule has 0 spiro atoms. The molecule has 1 aromatic heterocycles. The smallest absolute Gasteiger partial charge is 0.229 e. The van der Waals surface area contributed by atoms with Gasteiger partial charge in [0, 0.05) is 24.5 Å². The molecule has 0 bridgehead atoms. The Hall–Kier alpha value is -0.940. The molecule has 1 saturated carbocycles. The molecule has 2 heterocycles. The Kier molecular flexibility index (Phi) is 3.84. The largest absolute Gasteiger partial charge is 0.339 e. The standard InChI is InChI=1S/C14H24N4O/c1-10(2)18(8-12-4-3-7-15-12)9-13-16-14(19-17-13)11-5-6-11/h10-12,15H,3-9H2,1-2H3. The van der Waals surface area contributed by atoms with E-state index in [4.69, 9.17) is 4.52 Å². The Morgan fingerprint density at radius 3 is 2.84 bits per heavy atom. The van der Waals surface area contributed by atoms with Crippen molar-refractivity contribution in [2.24, 2.45) is 0 Å². The van der Waals surface area contributed by atoms with Crippen LogP contribution in [0, 0.1) is 0 Å². The van der Waals surface area contributed by atoms with Gasteiger partial charge in [0.2, 0.25) is 5.89 Å². The summed E-state index contributed by atoms with van der Waals surface area (Å²) in [5.41, 5.74) is 0. The lowest BCUT2D eigenvalue weighted by atomic mass is 10.2. The van der Waals surface area contributed by atoms with Crippen LogP contribution in [0.2, 0.25) is 0 Å². The van der Waals surface area contributed by atoms with Crippen LogP contribution in [-0.2, 0) is 6.54 Å². The van der Waals surface area contributed by atoms with Crippen LogP contribution in [-0.4, -0.2) is 40.2 Å². The summed E-state index contributed by atoms with van der Waals surface area (Å²) >= 11 is 0. The first-order valence-electron chi connectivity index (χ1n) is 7.52. The highest BCUT2D eigenvalue weighted by molar-refractivity contribution is 5.01. The van der Waals surface area contributed by atoms with Crippen LogP contribution >= 0.6 is 0 Å². The van der Waals surface area contributed by atoms with E-state index in [0.29, 0.717) is 18.0 Å². The summed E-state index contributed by atoms with van der Waals surface area (Å²) in [6.45, 7) is 7.50. The van der Waals surface area contributed by atoms with E-state index in [0.717, 1.165) is 31.3 Å². The molecule has 1 aromatic rings. The summed E-state index contributed by atoms with van der Waals surface area (Å²) in [7, 11) is 0. The second kappa shape index (κ2) is 5.59. The summed E-state index contributed by atoms with van der Waals surface area (Å²) < 4.78 is 5.34. The highest BCUT2D eigenvalue weighted by Crippen LogP contribution is 2.38. The van der Waals surface area contributed by atoms with Crippen molar-refractivity contribution in [2.75, 3.05) is 13.1 Å². The number of hydrogen-bond donors (Lipinski definition) is 1. The average molecular weight is 264 g/mol. The van der Waals surface area contributed by atoms with Gasteiger partial charge in [-0.2, -0.15) is 4.98 Å². The summed E-state index contributed by atoms with van der Waals surface area (Å²) in [6.07, 6.45) is 5.00. The molecule has 0 amide bonds. The Labute approximate surface area is 114 Å². The Balaban J connectivity index is 1.59. The average Bonchev–Trinajstić information content (AvgIpc) is 2.91. The normalized spacial score (nSPS) is 23.7. The van der Waals surface area contributed by atoms with Gasteiger partial charge in [-0.1, -0.05) is 5.16 Å². The zero-order valence-corrected chi connectivity index (χ0v) is 11.9. The predicted octanol–water partition coefficient (Wildman–Crippen LogP) is 1.91. The molecule has 5 nitrogen and oxygen atoms in total. The molecular formula is C14H24N4O. The fourth-order valence-electron chi connectivity index (χ4n) is 2.66. The SMILES string of the molecule is CC(C)N(Cc1noc(C2CC2)n1)CC1CCCN1. The van der Waals surface area contributed by atoms with E-state index in [9.17, 15) is 0 Å². The lowest BCUT2D eigenvalue weighted by Crippen LogP contribution is -2.41. The van der Waals surface area contributed by atoms with Gasteiger partial charge in [0.1, 0.15) is 0 Å². The molecular weight excluding hydrogens is 240 g/mol. The van der Waals surface area contributed by atoms with E-state index in [2.05, 4.69) is 34.2 Å². The van der Waals surface area contributed by atoms with Gasteiger partial charge < -0.3 is 9.84 Å². The summed E-state index contributed by atoms with van der Waals surface area (Å²) in [5, 5.41) is 7.68. The fraction of sp³-hybridized carbons (Fsp3) is 0.857. The second-order valence-corrected chi connectivity index (χ2v) is 6.14. The summed E-state index contributed by atoms with van der Waals surface area (Å²) in [5.74, 6) is 2.23. The molecule has 1 saturated heterocycles. The number of rotatable bonds is 6. The second-order valence-electron chi connectivity index (χ2n) is 6.14. The molecule has 2 fully saturated rings. The lowest BCUT2D eigenvalue weighted by Gasteiger charge is -2.27. The molecule has 5 heteroatoms. The van der Waals surface area contributed by atoms with Gasteiger partial charge in [-0.3, -0.25) is 4.90 Å². The van der Waals surface area contributed by atoms with Crippen LogP contribution in [0.5, 0.6) is 0 Å². The van der Waals surface area contributed by atoms with Gasteiger partial charge in [0.15, 0.2) is 5.82 Å². The quantitative estimate of drug-likeness (QED) is 0.850. The van der Waals surface area contributed by atoms with Crippen molar-refractivity contribution in [3.8, 4) is 0 Å². The van der Waals surface area contributed by atoms with E-state index >= 15 is 0 Å². The highest BCUT2D eigenvalue weighted by Gasteiger charge is 2.30. The topological polar surface area (TPSA) is 54.2 Å². The Bertz CT molecular complexity index is 407. The first-order valence-corrected chi connectivity index (χ1v) is 7.52. The van der Waals surface area contributed by atoms with Crippen LogP contribution in [0.1, 0.15) is 57.2 Å². The minimum Gasteiger partial charge on any atom is -0.339 e. The Morgan fingerprint density at radius 1 is 1.37 bits per heavy atom. The minimum atomic E-state index is 0.505. The van der Waals surface area contributed by atoms with Crippen LogP contribution < -0.4 is 5.32 Å². The molecule has 1 atom stereocenters. The van der Waals surface area contributed by atoms with Gasteiger partial charge in [-0.15, -0.1) is 0 Å². The lowest BCUT2D eigenvalue weighted by molar-refractivity contribution is 0.187. The van der Waals surface area contributed by atoms with Gasteiger partial charge in [0.05, 0.1) is 6.54 Å². The minimum absolute atomic E-state index is 0.505. The first kappa shape index (κ1) is 13.1. The molecule has 2 aliphatic rings. The third-order valence-electron chi connectivity index (χ3n) is 4.10. The highest BCUT2D eigenvalue weighted by atomic mass is 16.5. The van der Waals surface area contributed by atoms with Gasteiger partial charge in [-0.05, 0) is 46.1 Å². The maximum atomic E-state index is 5.34. The van der Waals surface area contributed by atoms with Crippen molar-refractivity contribution in [1.29, 1.82) is 0 Å². The van der Waals surface area contributed by atoms with E-state index in [-0.39, 0.29) is 0 Å². The molecule has 1 N–H and O–H groups in total. The first-order chi connectivity index (χ1) is 9.22. The molecule has 1 aliphatic heterocycles. The van der Waals surface area contributed by atoms with Crippen LogP contribution in [0.3, 0.4) is 0 Å². The molecule has 1 aliphatic carbocycles. The van der Waals surface area contributed by atoms with E-state index in [1.165, 1.54) is 25.7 Å². The van der Waals surface area contributed by atoms with Crippen molar-refractivity contribution in [3.05, 3.63) is 11.7 Å². The van der Waals surface area contributed by atoms with E-state index < -0.39 is 0 Å². The van der Waals surface area contributed by atoms with Crippen molar-refractivity contribution in [3.63, 3.8) is 0 Å². The fourth-order valence-corrected chi connectivity index (χ4v) is 2.66. The summed E-state index contributed by atoms with van der Waals surface area (Å²) in [4.78, 5) is 6.96. The van der Waals surface area contributed by atoms with E-state index in [1.807, 2.05) is 0 Å². The third kappa shape index (κ3) is 3.34. The zero-order valence-electron chi connectivity index (χ0n) is 11.9. The predicted molar refractivity (Wildman–Crippen MR) is 72.8 cm³/mol. The number of nitrogens with zero attached hydrogens (tertiary/aromatic N) is 3. The van der Waals surface area contributed by atoms with Gasteiger partial charge in [-0.25, -0.2) is 0 Å². The molecule has 1 unspecified atom stereocenters. The molecule has 0 aromatic carbocycles. The number of nitrogens with one attached hydrogen (secondary N) is 1. The van der Waals surface area contributed by atoms with Crippen molar-refractivity contribution >= 4 is 0 Å². The maximum absolute atomic E-state index is 5.34. The van der Waals surface area contributed by atoms with Crippen molar-refractivity contribution < 1.29 is 4.52 Å². The molecule has 19 heavy (non-hydrogen) atoms. The maximum Gasteiger partial charge on any atom is 0.229 e. The molecule has 0 radical (unpaired) electrons. The zero-order chi connectivity index (χ0) is 13.2.